The van der Waals surface area contributed by atoms with E-state index >= 15 is 0 Å². The Bertz CT molecular complexity index is 795. The number of halogens is 1. The Morgan fingerprint density at radius 3 is 2.76 bits per heavy atom. The number of nitrogens with zero attached hydrogens (tertiary/aromatic N) is 1. The summed E-state index contributed by atoms with van der Waals surface area (Å²) in [4.78, 5) is 2.63. The van der Waals surface area contributed by atoms with Gasteiger partial charge in [-0.2, -0.15) is 0 Å². The van der Waals surface area contributed by atoms with Crippen LogP contribution in [0.25, 0.3) is 6.08 Å². The lowest BCUT2D eigenvalue weighted by Gasteiger charge is -2.37. The third kappa shape index (κ3) is 3.05. The Labute approximate surface area is 156 Å². The fourth-order valence-corrected chi connectivity index (χ4v) is 5.14. The molecule has 2 aliphatic rings. The molecule has 2 aromatic carbocycles. The zero-order valence-corrected chi connectivity index (χ0v) is 15.9. The van der Waals surface area contributed by atoms with E-state index in [1.807, 2.05) is 6.92 Å². The Balaban J connectivity index is 1.63. The molecule has 2 aromatic rings. The van der Waals surface area contributed by atoms with Gasteiger partial charge >= 0.3 is 0 Å². The van der Waals surface area contributed by atoms with E-state index in [0.717, 1.165) is 30.1 Å². The minimum Gasteiger partial charge on any atom is -0.298 e. The number of allylic oxidation sites excluding steroid dienone is 1. The molecule has 1 nitrogen and oxygen atoms in total. The van der Waals surface area contributed by atoms with E-state index < -0.39 is 0 Å². The SMILES string of the molecule is C/C=C\c1ccc2c(c1Cl)CC[C@@]1(C)CN(Cc3ccccc3)C[C@@H]21. The molecule has 0 unspecified atom stereocenters. The van der Waals surface area contributed by atoms with E-state index in [0.29, 0.717) is 11.3 Å². The Kier molecular flexibility index (Phi) is 4.47. The van der Waals surface area contributed by atoms with E-state index in [2.05, 4.69) is 66.4 Å². The monoisotopic (exact) mass is 351 g/mol. The molecule has 2 atom stereocenters. The van der Waals surface area contributed by atoms with Crippen LogP contribution in [-0.2, 0) is 13.0 Å². The number of hydrogen-bond acceptors (Lipinski definition) is 1. The minimum atomic E-state index is 0.368. The van der Waals surface area contributed by atoms with Gasteiger partial charge in [-0.25, -0.2) is 0 Å². The van der Waals surface area contributed by atoms with Crippen molar-refractivity contribution in [3.8, 4) is 0 Å². The van der Waals surface area contributed by atoms with E-state index in [1.165, 1.54) is 29.7 Å². The van der Waals surface area contributed by atoms with Crippen molar-refractivity contribution in [2.75, 3.05) is 13.1 Å². The quantitative estimate of drug-likeness (QED) is 0.662. The van der Waals surface area contributed by atoms with Crippen molar-refractivity contribution in [1.29, 1.82) is 0 Å². The molecule has 1 saturated heterocycles. The first-order valence-electron chi connectivity index (χ1n) is 9.31. The van der Waals surface area contributed by atoms with Gasteiger partial charge in [-0.1, -0.05) is 73.1 Å². The van der Waals surface area contributed by atoms with E-state index in [1.54, 1.807) is 0 Å². The topological polar surface area (TPSA) is 3.24 Å². The predicted molar refractivity (Wildman–Crippen MR) is 107 cm³/mol. The Morgan fingerprint density at radius 2 is 2.00 bits per heavy atom. The molecule has 4 rings (SSSR count). The third-order valence-electron chi connectivity index (χ3n) is 6.09. The third-order valence-corrected chi connectivity index (χ3v) is 6.54. The first-order chi connectivity index (χ1) is 12.1. The van der Waals surface area contributed by atoms with Crippen molar-refractivity contribution in [1.82, 2.24) is 4.90 Å². The molecular weight excluding hydrogens is 326 g/mol. The predicted octanol–water partition coefficient (Wildman–Crippen LogP) is 5.93. The van der Waals surface area contributed by atoms with Gasteiger partial charge < -0.3 is 0 Å². The van der Waals surface area contributed by atoms with Gasteiger partial charge in [0.25, 0.3) is 0 Å². The fraction of sp³-hybridized carbons (Fsp3) is 0.391. The maximum Gasteiger partial charge on any atom is 0.0513 e. The van der Waals surface area contributed by atoms with Crippen molar-refractivity contribution in [2.45, 2.75) is 39.2 Å². The second-order valence-corrected chi connectivity index (χ2v) is 8.28. The molecule has 1 fully saturated rings. The fourth-order valence-electron chi connectivity index (χ4n) is 4.81. The van der Waals surface area contributed by atoms with Crippen molar-refractivity contribution >= 4 is 17.7 Å². The summed E-state index contributed by atoms with van der Waals surface area (Å²) < 4.78 is 0. The minimum absolute atomic E-state index is 0.368. The van der Waals surface area contributed by atoms with Gasteiger partial charge in [0, 0.05) is 25.6 Å². The summed E-state index contributed by atoms with van der Waals surface area (Å²) in [5.74, 6) is 0.595. The van der Waals surface area contributed by atoms with Gasteiger partial charge in [0.05, 0.1) is 5.02 Å². The average molecular weight is 352 g/mol. The first kappa shape index (κ1) is 16.9. The largest absolute Gasteiger partial charge is 0.298 e. The van der Waals surface area contributed by atoms with Gasteiger partial charge in [0.1, 0.15) is 0 Å². The molecular formula is C23H26ClN. The molecule has 130 valence electrons. The molecule has 0 radical (unpaired) electrons. The first-order valence-corrected chi connectivity index (χ1v) is 9.69. The van der Waals surface area contributed by atoms with Crippen molar-refractivity contribution < 1.29 is 0 Å². The lowest BCUT2D eigenvalue weighted by atomic mass is 9.67. The summed E-state index contributed by atoms with van der Waals surface area (Å²) >= 11 is 6.74. The van der Waals surface area contributed by atoms with Gasteiger partial charge in [0.15, 0.2) is 0 Å². The number of likely N-dealkylation sites (tertiary alicyclic amines) is 1. The Morgan fingerprint density at radius 1 is 1.20 bits per heavy atom. The number of rotatable bonds is 3. The van der Waals surface area contributed by atoms with Crippen LogP contribution < -0.4 is 0 Å². The van der Waals surface area contributed by atoms with Crippen LogP contribution in [0.1, 0.15) is 48.4 Å². The number of benzene rings is 2. The summed E-state index contributed by atoms with van der Waals surface area (Å²) in [6.07, 6.45) is 6.52. The Hall–Kier alpha value is -1.57. The maximum absolute atomic E-state index is 6.74. The van der Waals surface area contributed by atoms with Crippen LogP contribution in [0.5, 0.6) is 0 Å². The van der Waals surface area contributed by atoms with Crippen molar-refractivity contribution in [3.05, 3.63) is 75.8 Å². The van der Waals surface area contributed by atoms with Crippen LogP contribution in [-0.4, -0.2) is 18.0 Å². The molecule has 1 heterocycles. The highest BCUT2D eigenvalue weighted by Gasteiger charge is 2.46. The van der Waals surface area contributed by atoms with Gasteiger partial charge in [-0.05, 0) is 47.4 Å². The normalized spacial score (nSPS) is 26.0. The van der Waals surface area contributed by atoms with Crippen LogP contribution in [0.2, 0.25) is 5.02 Å². The lowest BCUT2D eigenvalue weighted by molar-refractivity contribution is 0.240. The van der Waals surface area contributed by atoms with Crippen molar-refractivity contribution in [3.63, 3.8) is 0 Å². The molecule has 25 heavy (non-hydrogen) atoms. The summed E-state index contributed by atoms with van der Waals surface area (Å²) in [6.45, 7) is 7.88. The lowest BCUT2D eigenvalue weighted by Crippen LogP contribution is -2.30. The number of fused-ring (bicyclic) bond motifs is 3. The highest BCUT2D eigenvalue weighted by atomic mass is 35.5. The van der Waals surface area contributed by atoms with Crippen LogP contribution in [0.15, 0.2) is 48.5 Å². The summed E-state index contributed by atoms with van der Waals surface area (Å²) in [6, 6.07) is 15.4. The highest BCUT2D eigenvalue weighted by Crippen LogP contribution is 2.52. The molecule has 0 saturated carbocycles. The van der Waals surface area contributed by atoms with E-state index in [9.17, 15) is 0 Å². The van der Waals surface area contributed by atoms with Crippen LogP contribution >= 0.6 is 11.6 Å². The van der Waals surface area contributed by atoms with Crippen molar-refractivity contribution in [2.24, 2.45) is 5.41 Å². The number of hydrogen-bond donors (Lipinski definition) is 0. The highest BCUT2D eigenvalue weighted by molar-refractivity contribution is 6.33. The molecule has 1 aliphatic carbocycles. The van der Waals surface area contributed by atoms with Crippen LogP contribution in [0.4, 0.5) is 0 Å². The molecule has 0 N–H and O–H groups in total. The maximum atomic E-state index is 6.74. The van der Waals surface area contributed by atoms with E-state index in [-0.39, 0.29) is 0 Å². The smallest absolute Gasteiger partial charge is 0.0513 e. The standard InChI is InChI=1S/C23H26ClN/c1-3-7-18-10-11-19-20(22(18)24)12-13-23(2)16-25(15-21(19)23)14-17-8-5-4-6-9-17/h3-11,21H,12-16H2,1-2H3/b7-3-/t21-,23-/m0/s1. The van der Waals surface area contributed by atoms with E-state index in [4.69, 9.17) is 11.6 Å². The van der Waals surface area contributed by atoms with Gasteiger partial charge in [-0.15, -0.1) is 0 Å². The van der Waals surface area contributed by atoms with Gasteiger partial charge in [0.2, 0.25) is 0 Å². The molecule has 0 aromatic heterocycles. The second-order valence-electron chi connectivity index (χ2n) is 7.90. The zero-order chi connectivity index (χ0) is 17.4. The molecule has 0 spiro atoms. The molecule has 1 aliphatic heterocycles. The summed E-state index contributed by atoms with van der Waals surface area (Å²) in [5.41, 5.74) is 5.81. The van der Waals surface area contributed by atoms with Crippen LogP contribution in [0.3, 0.4) is 0 Å². The average Bonchev–Trinajstić information content (AvgIpc) is 2.94. The van der Waals surface area contributed by atoms with Crippen LogP contribution in [0, 0.1) is 5.41 Å². The molecule has 0 bridgehead atoms. The molecule has 0 amide bonds. The zero-order valence-electron chi connectivity index (χ0n) is 15.1. The summed E-state index contributed by atoms with van der Waals surface area (Å²) in [5, 5.41) is 0.971. The summed E-state index contributed by atoms with van der Waals surface area (Å²) in [7, 11) is 0. The van der Waals surface area contributed by atoms with Gasteiger partial charge in [-0.3, -0.25) is 4.90 Å². The second kappa shape index (κ2) is 6.63. The molecule has 2 heteroatoms.